The zero-order valence-corrected chi connectivity index (χ0v) is 19.9. The van der Waals surface area contributed by atoms with E-state index in [0.29, 0.717) is 27.9 Å². The van der Waals surface area contributed by atoms with Crippen LogP contribution in [0.4, 0.5) is 5.13 Å². The number of benzene rings is 2. The van der Waals surface area contributed by atoms with Crippen LogP contribution in [-0.2, 0) is 10.0 Å². The van der Waals surface area contributed by atoms with Crippen LogP contribution in [0, 0.1) is 6.92 Å². The number of ether oxygens (including phenoxy) is 2. The Morgan fingerprint density at radius 1 is 1.17 bits per heavy atom. The Morgan fingerprint density at radius 3 is 2.60 bits per heavy atom. The van der Waals surface area contributed by atoms with Crippen LogP contribution in [0.2, 0.25) is 5.02 Å². The molecule has 1 aromatic heterocycles. The van der Waals surface area contributed by atoms with Crippen LogP contribution in [-0.4, -0.2) is 32.0 Å². The molecule has 3 rings (SSSR count). The number of nitrogens with one attached hydrogen (secondary N) is 1. The fourth-order valence-electron chi connectivity index (χ4n) is 2.64. The number of sulfonamides is 1. The first kappa shape index (κ1) is 22.7. The van der Waals surface area contributed by atoms with E-state index in [1.165, 1.54) is 17.8 Å². The fourth-order valence-corrected chi connectivity index (χ4v) is 6.02. The molecule has 0 aliphatic carbocycles. The highest BCUT2D eigenvalue weighted by atomic mass is 35.5. The highest BCUT2D eigenvalue weighted by molar-refractivity contribution is 7.99. The molecule has 2 aromatic carbocycles. The fraction of sp³-hybridized carbons (Fsp3) is 0.263. The summed E-state index contributed by atoms with van der Waals surface area (Å²) in [6.07, 6.45) is 0. The van der Waals surface area contributed by atoms with Crippen LogP contribution in [0.15, 0.2) is 46.2 Å². The number of thioether (sulfide) groups is 1. The molecule has 0 saturated carbocycles. The van der Waals surface area contributed by atoms with E-state index in [0.717, 1.165) is 16.4 Å². The third-order valence-electron chi connectivity index (χ3n) is 4.20. The molecular formula is C19H20ClN3O4S3. The van der Waals surface area contributed by atoms with Crippen molar-refractivity contribution in [3.05, 3.63) is 52.8 Å². The maximum atomic E-state index is 12.7. The van der Waals surface area contributed by atoms with Crippen LogP contribution < -0.4 is 14.2 Å². The largest absolute Gasteiger partial charge is 0.493 e. The van der Waals surface area contributed by atoms with Crippen molar-refractivity contribution in [2.45, 2.75) is 28.9 Å². The first-order valence-corrected chi connectivity index (χ1v) is 12.3. The van der Waals surface area contributed by atoms with Crippen molar-refractivity contribution in [3.63, 3.8) is 0 Å². The summed E-state index contributed by atoms with van der Waals surface area (Å²) in [5.41, 5.74) is 0.480. The molecule has 0 unspecified atom stereocenters. The van der Waals surface area contributed by atoms with Gasteiger partial charge in [-0.2, -0.15) is 4.37 Å². The molecule has 30 heavy (non-hydrogen) atoms. The molecule has 160 valence electrons. The molecule has 1 heterocycles. The first-order valence-electron chi connectivity index (χ1n) is 8.75. The van der Waals surface area contributed by atoms with Crippen molar-refractivity contribution < 1.29 is 17.9 Å². The molecule has 0 spiro atoms. The molecule has 7 nitrogen and oxygen atoms in total. The van der Waals surface area contributed by atoms with E-state index in [-0.39, 0.29) is 15.3 Å². The van der Waals surface area contributed by atoms with Crippen molar-refractivity contribution in [2.75, 3.05) is 18.9 Å². The standard InChI is InChI=1S/C19H20ClN3O4S3/c1-11-14(20)6-5-7-17(11)30(24,25)23-19-21-18(22-29-19)12(2)28-13-8-9-15(26-3)16(10-13)27-4/h5-10,12H,1-4H3,(H,21,22,23)/t12-/m1/s1. The third-order valence-corrected chi connectivity index (χ3v) is 7.96. The van der Waals surface area contributed by atoms with Gasteiger partial charge in [-0.1, -0.05) is 17.7 Å². The van der Waals surface area contributed by atoms with Crippen LogP contribution in [0.5, 0.6) is 11.5 Å². The van der Waals surface area contributed by atoms with Gasteiger partial charge in [0.2, 0.25) is 5.13 Å². The molecule has 0 aliphatic rings. The van der Waals surface area contributed by atoms with Crippen molar-refractivity contribution in [1.82, 2.24) is 9.36 Å². The summed E-state index contributed by atoms with van der Waals surface area (Å²) < 4.78 is 42.8. The summed E-state index contributed by atoms with van der Waals surface area (Å²) in [5, 5.41) is 0.477. The van der Waals surface area contributed by atoms with Crippen molar-refractivity contribution in [2.24, 2.45) is 0 Å². The summed E-state index contributed by atoms with van der Waals surface area (Å²) in [4.78, 5) is 5.41. The van der Waals surface area contributed by atoms with E-state index in [1.807, 2.05) is 25.1 Å². The summed E-state index contributed by atoms with van der Waals surface area (Å²) >= 11 is 8.57. The lowest BCUT2D eigenvalue weighted by atomic mass is 10.2. The molecule has 11 heteroatoms. The van der Waals surface area contributed by atoms with Gasteiger partial charge in [0, 0.05) is 21.5 Å². The zero-order valence-electron chi connectivity index (χ0n) is 16.7. The van der Waals surface area contributed by atoms with E-state index in [4.69, 9.17) is 21.1 Å². The highest BCUT2D eigenvalue weighted by Gasteiger charge is 2.21. The van der Waals surface area contributed by atoms with E-state index in [9.17, 15) is 8.42 Å². The summed E-state index contributed by atoms with van der Waals surface area (Å²) in [7, 11) is -0.654. The molecule has 0 saturated heterocycles. The summed E-state index contributed by atoms with van der Waals surface area (Å²) in [6, 6.07) is 10.4. The van der Waals surface area contributed by atoms with Crippen molar-refractivity contribution in [1.29, 1.82) is 0 Å². The van der Waals surface area contributed by atoms with Gasteiger partial charge in [-0.25, -0.2) is 13.4 Å². The second-order valence-electron chi connectivity index (χ2n) is 6.20. The SMILES string of the molecule is COc1ccc(S[C@H](C)c2nsc(NS(=O)(=O)c3cccc(Cl)c3C)n2)cc1OC. The smallest absolute Gasteiger partial charge is 0.264 e. The predicted molar refractivity (Wildman–Crippen MR) is 121 cm³/mol. The molecule has 1 N–H and O–H groups in total. The average molecular weight is 486 g/mol. The summed E-state index contributed by atoms with van der Waals surface area (Å²) in [6.45, 7) is 3.60. The van der Waals surface area contributed by atoms with Gasteiger partial charge >= 0.3 is 0 Å². The lowest BCUT2D eigenvalue weighted by molar-refractivity contribution is 0.354. The predicted octanol–water partition coefficient (Wildman–Crippen LogP) is 5.17. The minimum Gasteiger partial charge on any atom is -0.493 e. The van der Waals surface area contributed by atoms with Gasteiger partial charge < -0.3 is 9.47 Å². The van der Waals surface area contributed by atoms with E-state index >= 15 is 0 Å². The molecule has 0 radical (unpaired) electrons. The van der Waals surface area contributed by atoms with Gasteiger partial charge in [0.05, 0.1) is 24.4 Å². The normalized spacial score (nSPS) is 12.4. The maximum Gasteiger partial charge on any atom is 0.264 e. The highest BCUT2D eigenvalue weighted by Crippen LogP contribution is 2.39. The Labute approximate surface area is 189 Å². The number of hydrogen-bond donors (Lipinski definition) is 1. The second-order valence-corrected chi connectivity index (χ2v) is 10.4. The van der Waals surface area contributed by atoms with E-state index in [2.05, 4.69) is 14.1 Å². The molecule has 1 atom stereocenters. The Morgan fingerprint density at radius 2 is 1.90 bits per heavy atom. The number of rotatable bonds is 8. The topological polar surface area (TPSA) is 90.4 Å². The number of methoxy groups -OCH3 is 2. The molecule has 0 bridgehead atoms. The minimum absolute atomic E-state index is 0.106. The Balaban J connectivity index is 1.75. The van der Waals surface area contributed by atoms with Crippen LogP contribution >= 0.6 is 34.9 Å². The molecule has 0 amide bonds. The quantitative estimate of drug-likeness (QED) is 0.440. The third kappa shape index (κ3) is 5.00. The summed E-state index contributed by atoms with van der Waals surface area (Å²) in [5.74, 6) is 1.81. The Bertz CT molecular complexity index is 1150. The van der Waals surface area contributed by atoms with Crippen molar-refractivity contribution >= 4 is 50.1 Å². The lowest BCUT2D eigenvalue weighted by Crippen LogP contribution is -2.14. The molecular weight excluding hydrogens is 466 g/mol. The maximum absolute atomic E-state index is 12.7. The number of anilines is 1. The van der Waals surface area contributed by atoms with Crippen LogP contribution in [0.3, 0.4) is 0 Å². The minimum atomic E-state index is -3.82. The number of hydrogen-bond acceptors (Lipinski definition) is 8. The molecule has 0 aliphatic heterocycles. The second kappa shape index (κ2) is 9.42. The van der Waals surface area contributed by atoms with Crippen molar-refractivity contribution in [3.8, 4) is 11.5 Å². The first-order chi connectivity index (χ1) is 14.2. The van der Waals surface area contributed by atoms with Crippen LogP contribution in [0.25, 0.3) is 0 Å². The average Bonchev–Trinajstić information content (AvgIpc) is 3.17. The lowest BCUT2D eigenvalue weighted by Gasteiger charge is -2.11. The van der Waals surface area contributed by atoms with Gasteiger partial charge in [0.1, 0.15) is 0 Å². The Kier molecular flexibility index (Phi) is 7.12. The van der Waals surface area contributed by atoms with E-state index in [1.54, 1.807) is 33.3 Å². The zero-order chi connectivity index (χ0) is 21.9. The van der Waals surface area contributed by atoms with Gasteiger partial charge in [-0.3, -0.25) is 4.72 Å². The monoisotopic (exact) mass is 485 g/mol. The number of halogens is 1. The number of aromatic nitrogens is 2. The molecule has 3 aromatic rings. The van der Waals surface area contributed by atoms with Gasteiger partial charge in [-0.05, 0) is 49.7 Å². The van der Waals surface area contributed by atoms with E-state index < -0.39 is 10.0 Å². The Hall–Kier alpha value is -2.01. The van der Waals surface area contributed by atoms with Gasteiger partial charge in [0.25, 0.3) is 10.0 Å². The van der Waals surface area contributed by atoms with Gasteiger partial charge in [-0.15, -0.1) is 11.8 Å². The van der Waals surface area contributed by atoms with Crippen LogP contribution in [0.1, 0.15) is 23.6 Å². The van der Waals surface area contributed by atoms with Gasteiger partial charge in [0.15, 0.2) is 17.3 Å². The molecule has 0 fully saturated rings. The number of nitrogens with zero attached hydrogens (tertiary/aromatic N) is 2.